The Morgan fingerprint density at radius 2 is 1.74 bits per heavy atom. The Balaban J connectivity index is 1.18. The van der Waals surface area contributed by atoms with Crippen molar-refractivity contribution in [3.05, 3.63) is 95.1 Å². The number of aliphatic hydroxyl groups excluding tert-OH is 1. The molecule has 6 atom stereocenters. The quantitative estimate of drug-likeness (QED) is 0.153. The Labute approximate surface area is 291 Å². The molecule has 50 heavy (non-hydrogen) atoms. The summed E-state index contributed by atoms with van der Waals surface area (Å²) >= 11 is 0. The molecule has 0 saturated carbocycles. The molecular formula is C38H42FN3O7Si. The van der Waals surface area contributed by atoms with Crippen molar-refractivity contribution in [2.75, 3.05) is 16.4 Å². The van der Waals surface area contributed by atoms with Gasteiger partial charge in [0.05, 0.1) is 43.8 Å². The van der Waals surface area contributed by atoms with E-state index in [0.717, 1.165) is 16.7 Å². The highest BCUT2D eigenvalue weighted by atomic mass is 28.4. The fraction of sp³-hybridized carbons (Fsp3) is 0.421. The van der Waals surface area contributed by atoms with Gasteiger partial charge < -0.3 is 28.5 Å². The molecule has 2 fully saturated rings. The van der Waals surface area contributed by atoms with E-state index in [4.69, 9.17) is 9.47 Å². The first-order valence-corrected chi connectivity index (χ1v) is 20.1. The normalized spacial score (nSPS) is 27.3. The van der Waals surface area contributed by atoms with Crippen LogP contribution in [0.25, 0.3) is 0 Å². The van der Waals surface area contributed by atoms with Gasteiger partial charge in [0.1, 0.15) is 0 Å². The lowest BCUT2D eigenvalue weighted by atomic mass is 9.82. The molecule has 12 heteroatoms. The number of benzene rings is 3. The molecule has 3 amide bonds. The monoisotopic (exact) mass is 699 g/mol. The fourth-order valence-corrected chi connectivity index (χ4v) is 11.2. The molecule has 0 aromatic heterocycles. The van der Waals surface area contributed by atoms with Gasteiger partial charge >= 0.3 is 5.97 Å². The number of amides is 3. The average molecular weight is 700 g/mol. The van der Waals surface area contributed by atoms with Crippen LogP contribution in [-0.2, 0) is 53.8 Å². The van der Waals surface area contributed by atoms with Crippen molar-refractivity contribution in [2.24, 2.45) is 5.92 Å². The van der Waals surface area contributed by atoms with Gasteiger partial charge in [-0.1, -0.05) is 61.5 Å². The van der Waals surface area contributed by atoms with Crippen LogP contribution in [0.5, 0.6) is 0 Å². The standard InChI is InChI=1S/C38H42FN3O7Si/c1-23-36(50(3,4)39)32(18-33(45)40-21-27-12-6-5-11-26(27)17-29(40)22-43)49-38(23)30-14-7-8-15-31(30)41(37(38)47)20-25-10-9-13-28(16-25)42-34(46)19-35(42)48-24(2)44/h5-16,23,29,32,35-36,43H,17-22H2,1-4H3/t23-,29+,32+,35?,36-,38+/m1/s1. The number of para-hydroxylation sites is 1. The van der Waals surface area contributed by atoms with E-state index >= 15 is 4.11 Å². The van der Waals surface area contributed by atoms with Crippen LogP contribution in [-0.4, -0.2) is 67.1 Å². The van der Waals surface area contributed by atoms with E-state index in [1.54, 1.807) is 41.1 Å². The summed E-state index contributed by atoms with van der Waals surface area (Å²) in [7, 11) is -3.52. The molecule has 0 bridgehead atoms. The molecule has 0 radical (unpaired) electrons. The van der Waals surface area contributed by atoms with Crippen LogP contribution in [0, 0.1) is 5.92 Å². The smallest absolute Gasteiger partial charge is 0.304 e. The van der Waals surface area contributed by atoms with Gasteiger partial charge in [-0.3, -0.25) is 24.1 Å². The highest BCUT2D eigenvalue weighted by Gasteiger charge is 2.67. The van der Waals surface area contributed by atoms with Crippen LogP contribution in [0.1, 0.15) is 48.9 Å². The van der Waals surface area contributed by atoms with E-state index in [1.165, 1.54) is 11.8 Å². The van der Waals surface area contributed by atoms with Gasteiger partial charge in [-0.05, 0) is 54.4 Å². The summed E-state index contributed by atoms with van der Waals surface area (Å²) in [6, 6.07) is 22.0. The number of nitrogens with zero attached hydrogens (tertiary/aromatic N) is 3. The maximum Gasteiger partial charge on any atom is 0.304 e. The second kappa shape index (κ2) is 12.7. The number of carbonyl (C=O) groups is 4. The summed E-state index contributed by atoms with van der Waals surface area (Å²) in [5.41, 5.74) is 2.51. The summed E-state index contributed by atoms with van der Waals surface area (Å²) in [5, 5.41) is 10.2. The number of aliphatic hydroxyl groups is 1. The fourth-order valence-electron chi connectivity index (χ4n) is 8.66. The Morgan fingerprint density at radius 3 is 2.44 bits per heavy atom. The third kappa shape index (κ3) is 5.63. The number of carbonyl (C=O) groups excluding carboxylic acids is 4. The third-order valence-corrected chi connectivity index (χ3v) is 13.3. The first kappa shape index (κ1) is 34.1. The van der Waals surface area contributed by atoms with Crippen LogP contribution in [0.15, 0.2) is 72.8 Å². The van der Waals surface area contributed by atoms with Gasteiger partial charge in [-0.15, -0.1) is 0 Å². The van der Waals surface area contributed by atoms with Crippen molar-refractivity contribution in [3.63, 3.8) is 0 Å². The molecule has 2 saturated heterocycles. The molecule has 262 valence electrons. The molecule has 4 aliphatic heterocycles. The minimum Gasteiger partial charge on any atom is -0.441 e. The minimum atomic E-state index is -3.52. The molecule has 4 heterocycles. The van der Waals surface area contributed by atoms with Crippen molar-refractivity contribution >= 4 is 43.5 Å². The Bertz CT molecular complexity index is 1870. The van der Waals surface area contributed by atoms with E-state index < -0.39 is 49.8 Å². The Kier molecular flexibility index (Phi) is 8.68. The van der Waals surface area contributed by atoms with E-state index in [0.29, 0.717) is 29.9 Å². The maximum atomic E-state index is 16.4. The van der Waals surface area contributed by atoms with Crippen molar-refractivity contribution in [3.8, 4) is 0 Å². The zero-order valence-corrected chi connectivity index (χ0v) is 29.7. The van der Waals surface area contributed by atoms with Crippen LogP contribution in [0.4, 0.5) is 15.5 Å². The van der Waals surface area contributed by atoms with Crippen LogP contribution in [0.3, 0.4) is 0 Å². The van der Waals surface area contributed by atoms with Crippen LogP contribution >= 0.6 is 0 Å². The van der Waals surface area contributed by atoms with Gasteiger partial charge in [0.2, 0.25) is 20.2 Å². The van der Waals surface area contributed by atoms with Gasteiger partial charge in [-0.25, -0.2) is 0 Å². The van der Waals surface area contributed by atoms with Crippen molar-refractivity contribution in [1.82, 2.24) is 4.90 Å². The molecule has 7 rings (SSSR count). The first-order chi connectivity index (χ1) is 23.8. The molecule has 3 aromatic carbocycles. The lowest BCUT2D eigenvalue weighted by Gasteiger charge is -2.39. The van der Waals surface area contributed by atoms with Gasteiger partial charge in [0.25, 0.3) is 5.91 Å². The molecule has 1 unspecified atom stereocenters. The lowest BCUT2D eigenvalue weighted by Crippen LogP contribution is -2.54. The average Bonchev–Trinajstić information content (AvgIpc) is 3.49. The van der Waals surface area contributed by atoms with Crippen LogP contribution in [0.2, 0.25) is 18.6 Å². The molecule has 1 N–H and O–H groups in total. The number of halogens is 1. The lowest BCUT2D eigenvalue weighted by molar-refractivity contribution is -0.154. The number of rotatable bonds is 8. The maximum absolute atomic E-state index is 16.4. The van der Waals surface area contributed by atoms with E-state index in [2.05, 4.69) is 0 Å². The van der Waals surface area contributed by atoms with Crippen molar-refractivity contribution in [1.29, 1.82) is 0 Å². The van der Waals surface area contributed by atoms with E-state index in [9.17, 15) is 24.3 Å². The number of anilines is 2. The number of esters is 1. The molecule has 3 aromatic rings. The number of β-lactam (4-membered cyclic amide) rings is 1. The predicted octanol–water partition coefficient (Wildman–Crippen LogP) is 4.97. The van der Waals surface area contributed by atoms with Crippen molar-refractivity contribution in [2.45, 2.75) is 88.8 Å². The molecular weight excluding hydrogens is 658 g/mol. The summed E-state index contributed by atoms with van der Waals surface area (Å²) < 4.78 is 28.5. The first-order valence-electron chi connectivity index (χ1n) is 17.2. The number of hydrogen-bond acceptors (Lipinski definition) is 7. The summed E-state index contributed by atoms with van der Waals surface area (Å²) in [5.74, 6) is -1.79. The zero-order chi connectivity index (χ0) is 35.5. The Hall–Kier alpha value is -4.39. The second-order valence-electron chi connectivity index (χ2n) is 14.4. The molecule has 0 aliphatic carbocycles. The molecule has 10 nitrogen and oxygen atoms in total. The number of ether oxygens (including phenoxy) is 2. The number of hydrogen-bond donors (Lipinski definition) is 1. The highest BCUT2D eigenvalue weighted by Crippen LogP contribution is 2.60. The largest absolute Gasteiger partial charge is 0.441 e. The number of fused-ring (bicyclic) bond motifs is 3. The van der Waals surface area contributed by atoms with E-state index in [-0.39, 0.29) is 43.7 Å². The van der Waals surface area contributed by atoms with Gasteiger partial charge in [0.15, 0.2) is 11.8 Å². The summed E-state index contributed by atoms with van der Waals surface area (Å²) in [6.07, 6.45) is -1.02. The Morgan fingerprint density at radius 1 is 1.02 bits per heavy atom. The molecule has 4 aliphatic rings. The summed E-state index contributed by atoms with van der Waals surface area (Å²) in [4.78, 5) is 57.7. The van der Waals surface area contributed by atoms with Gasteiger partial charge in [-0.2, -0.15) is 0 Å². The highest BCUT2D eigenvalue weighted by molar-refractivity contribution is 6.72. The molecule has 1 spiro atoms. The second-order valence-corrected chi connectivity index (χ2v) is 18.2. The topological polar surface area (TPSA) is 117 Å². The minimum absolute atomic E-state index is 0.102. The van der Waals surface area contributed by atoms with Crippen LogP contribution < -0.4 is 9.80 Å². The summed E-state index contributed by atoms with van der Waals surface area (Å²) in [6.45, 7) is 6.67. The SMILES string of the molecule is CC(=O)OC1CC(=O)N1c1cccc(CN2C(=O)[C@@]3(O[C@@H](CC(=O)N4Cc5ccccc5C[C@H]4CO)[C@H]([Si](C)(C)F)[C@H]3C)c3ccccc32)c1. The third-order valence-electron chi connectivity index (χ3n) is 10.9. The zero-order valence-electron chi connectivity index (χ0n) is 28.7. The predicted molar refractivity (Wildman–Crippen MR) is 186 cm³/mol. The van der Waals surface area contributed by atoms with Gasteiger partial charge in [0, 0.05) is 36.2 Å². The van der Waals surface area contributed by atoms with E-state index in [1.807, 2.05) is 61.5 Å². The van der Waals surface area contributed by atoms with Crippen molar-refractivity contribution < 1.29 is 37.9 Å².